The van der Waals surface area contributed by atoms with Gasteiger partial charge in [-0.1, -0.05) is 125 Å². The van der Waals surface area contributed by atoms with E-state index in [1.54, 1.807) is 0 Å². The maximum Gasteiger partial charge on any atom is 0.133 e. The summed E-state index contributed by atoms with van der Waals surface area (Å²) < 4.78 is 4.37. The molecule has 0 saturated heterocycles. The fraction of sp³-hybridized carbons (Fsp3) is 0. The van der Waals surface area contributed by atoms with Crippen molar-refractivity contribution in [3.63, 3.8) is 0 Å². The van der Waals surface area contributed by atoms with Crippen LogP contribution in [0.25, 0.3) is 49.3 Å². The fourth-order valence-electron chi connectivity index (χ4n) is 6.57. The van der Waals surface area contributed by atoms with Crippen LogP contribution in [0.5, 0.6) is 0 Å². The van der Waals surface area contributed by atoms with Crippen LogP contribution in [0.15, 0.2) is 146 Å². The molecule has 0 aliphatic heterocycles. The smallest absolute Gasteiger partial charge is 0.133 e. The van der Waals surface area contributed by atoms with Crippen molar-refractivity contribution in [1.29, 1.82) is 5.41 Å². The number of nitrogens with zero attached hydrogens (tertiary/aromatic N) is 2. The molecule has 2 aromatic heterocycles. The van der Waals surface area contributed by atoms with Gasteiger partial charge in [-0.05, 0) is 36.4 Å². The van der Waals surface area contributed by atoms with Gasteiger partial charge >= 0.3 is 0 Å². The number of benzene rings is 6. The molecule has 0 unspecified atom stereocenters. The van der Waals surface area contributed by atoms with E-state index in [0.717, 1.165) is 22.2 Å². The lowest BCUT2D eigenvalue weighted by atomic mass is 10.1. The Kier molecular flexibility index (Phi) is 5.47. The van der Waals surface area contributed by atoms with Gasteiger partial charge in [-0.25, -0.2) is 0 Å². The molecule has 0 amide bonds. The number of hydrogen-bond donors (Lipinski definition) is 1. The summed E-state index contributed by atoms with van der Waals surface area (Å²) in [5.41, 5.74) is 5.59. The predicted molar refractivity (Wildman–Crippen MR) is 177 cm³/mol. The number of aromatic nitrogens is 2. The monoisotopic (exact) mass is 541 g/mol. The molecule has 0 aliphatic rings. The zero-order valence-corrected chi connectivity index (χ0v) is 23.6. The fourth-order valence-corrected chi connectivity index (χ4v) is 9.56. The molecule has 194 valence electrons. The van der Waals surface area contributed by atoms with Crippen LogP contribution in [0.1, 0.15) is 0 Å². The number of para-hydroxylation sites is 2. The Morgan fingerprint density at radius 2 is 1.02 bits per heavy atom. The van der Waals surface area contributed by atoms with Crippen LogP contribution in [0, 0.1) is 5.41 Å². The van der Waals surface area contributed by atoms with Crippen molar-refractivity contribution in [2.45, 2.75) is 0 Å². The summed E-state index contributed by atoms with van der Waals surface area (Å²) in [7, 11) is -1.69. The average Bonchev–Trinajstić information content (AvgIpc) is 3.53. The third kappa shape index (κ3) is 3.69. The molecule has 41 heavy (non-hydrogen) atoms. The normalized spacial score (nSPS) is 11.7. The molecule has 0 atom stereocenters. The van der Waals surface area contributed by atoms with Gasteiger partial charge in [0.05, 0.1) is 28.4 Å². The summed E-state index contributed by atoms with van der Waals surface area (Å²) in [6.07, 6.45) is 1.45. The van der Waals surface area contributed by atoms with Gasteiger partial charge in [-0.2, -0.15) is 0 Å². The summed E-state index contributed by atoms with van der Waals surface area (Å²) in [5, 5.41) is 17.4. The Balaban J connectivity index is 1.44. The van der Waals surface area contributed by atoms with Gasteiger partial charge in [-0.3, -0.25) is 5.41 Å². The highest BCUT2D eigenvalue weighted by atomic mass is 28.3. The second kappa shape index (κ2) is 9.47. The minimum absolute atomic E-state index is 1.05. The summed E-state index contributed by atoms with van der Waals surface area (Å²) in [4.78, 5) is 0. The Morgan fingerprint density at radius 1 is 0.439 bits per heavy atom. The third-order valence-electron chi connectivity index (χ3n) is 8.36. The Labute approximate surface area is 239 Å². The topological polar surface area (TPSA) is 33.7 Å². The van der Waals surface area contributed by atoms with Crippen molar-refractivity contribution < 1.29 is 0 Å². The van der Waals surface area contributed by atoms with Crippen molar-refractivity contribution >= 4 is 74.3 Å². The van der Waals surface area contributed by atoms with Crippen LogP contribution < -0.4 is 15.6 Å². The lowest BCUT2D eigenvalue weighted by molar-refractivity contribution is 1.18. The average molecular weight is 542 g/mol. The lowest BCUT2D eigenvalue weighted by Crippen LogP contribution is -2.51. The molecule has 0 radical (unpaired) electrons. The second-order valence-corrected chi connectivity index (χ2v) is 13.5. The van der Waals surface area contributed by atoms with E-state index < -0.39 is 8.80 Å². The molecular weight excluding hydrogens is 515 g/mol. The summed E-state index contributed by atoms with van der Waals surface area (Å²) >= 11 is 0. The molecule has 1 N–H and O–H groups in total. The number of fused-ring (bicyclic) bond motifs is 6. The quantitative estimate of drug-likeness (QED) is 0.110. The molecular formula is C37H27N3Si. The van der Waals surface area contributed by atoms with Crippen molar-refractivity contribution in [3.8, 4) is 5.69 Å². The highest BCUT2D eigenvalue weighted by Gasteiger charge is 2.22. The van der Waals surface area contributed by atoms with Gasteiger partial charge in [0.25, 0.3) is 0 Å². The SMILES string of the molecule is N=Cn1c2ccc([SiH](c3ccccc3)c3ccccc3)cc2c2cc3c4ccccc4n(-c4ccccc4)c3cc21. The van der Waals surface area contributed by atoms with Crippen molar-refractivity contribution in [3.05, 3.63) is 146 Å². The van der Waals surface area contributed by atoms with E-state index in [0.29, 0.717) is 0 Å². The van der Waals surface area contributed by atoms with Gasteiger partial charge in [0.15, 0.2) is 0 Å². The van der Waals surface area contributed by atoms with E-state index in [4.69, 9.17) is 5.41 Å². The molecule has 6 aromatic carbocycles. The van der Waals surface area contributed by atoms with Crippen LogP contribution in [0.3, 0.4) is 0 Å². The van der Waals surface area contributed by atoms with Crippen LogP contribution in [0.2, 0.25) is 0 Å². The first kappa shape index (κ1) is 23.7. The molecule has 0 fully saturated rings. The number of hydrogen-bond acceptors (Lipinski definition) is 1. The largest absolute Gasteiger partial charge is 0.309 e. The maximum atomic E-state index is 8.40. The molecule has 0 aliphatic carbocycles. The molecule has 2 heterocycles. The first-order valence-corrected chi connectivity index (χ1v) is 15.7. The van der Waals surface area contributed by atoms with Gasteiger partial charge in [0.2, 0.25) is 0 Å². The van der Waals surface area contributed by atoms with Crippen molar-refractivity contribution in [2.24, 2.45) is 0 Å². The Hall–Kier alpha value is -5.19. The van der Waals surface area contributed by atoms with E-state index in [2.05, 4.69) is 150 Å². The van der Waals surface area contributed by atoms with Gasteiger partial charge in [-0.15, -0.1) is 0 Å². The van der Waals surface area contributed by atoms with Gasteiger partial charge in [0.1, 0.15) is 8.80 Å². The molecule has 4 heteroatoms. The Morgan fingerprint density at radius 3 is 1.71 bits per heavy atom. The second-order valence-electron chi connectivity index (χ2n) is 10.6. The molecule has 0 saturated carbocycles. The molecule has 8 rings (SSSR count). The predicted octanol–water partition coefficient (Wildman–Crippen LogP) is 6.60. The minimum Gasteiger partial charge on any atom is -0.309 e. The van der Waals surface area contributed by atoms with Crippen LogP contribution in [-0.4, -0.2) is 24.3 Å². The van der Waals surface area contributed by atoms with Crippen LogP contribution in [0.4, 0.5) is 0 Å². The van der Waals surface area contributed by atoms with Gasteiger partial charge in [0, 0.05) is 27.2 Å². The van der Waals surface area contributed by atoms with E-state index in [1.165, 1.54) is 49.0 Å². The highest BCUT2D eigenvalue weighted by Crippen LogP contribution is 2.37. The molecule has 0 spiro atoms. The van der Waals surface area contributed by atoms with E-state index in [-0.39, 0.29) is 0 Å². The number of rotatable bonds is 5. The lowest BCUT2D eigenvalue weighted by Gasteiger charge is -2.17. The first-order chi connectivity index (χ1) is 20.3. The molecule has 3 nitrogen and oxygen atoms in total. The summed E-state index contributed by atoms with van der Waals surface area (Å²) in [6.45, 7) is 0. The standard InChI is InChI=1S/C37H27N3Si/c38-25-39-34-21-20-29(41(27-14-6-2-7-15-27)28-16-8-3-9-17-28)22-31(34)33-23-32-30-18-10-11-19-35(30)40(37(32)24-36(33)39)26-12-4-1-5-13-26/h1-25,38,41H. The third-order valence-corrected chi connectivity index (χ3v) is 11.5. The maximum absolute atomic E-state index is 8.40. The highest BCUT2D eigenvalue weighted by molar-refractivity contribution is 6.95. The van der Waals surface area contributed by atoms with E-state index >= 15 is 0 Å². The van der Waals surface area contributed by atoms with Crippen LogP contribution in [-0.2, 0) is 0 Å². The number of nitrogens with one attached hydrogen (secondary N) is 1. The Bertz CT molecular complexity index is 2170. The zero-order chi connectivity index (χ0) is 27.3. The summed E-state index contributed by atoms with van der Waals surface area (Å²) in [5.74, 6) is 0. The van der Waals surface area contributed by atoms with Crippen LogP contribution >= 0.6 is 0 Å². The van der Waals surface area contributed by atoms with Gasteiger partial charge < -0.3 is 9.13 Å². The molecule has 8 aromatic rings. The van der Waals surface area contributed by atoms with E-state index in [1.807, 2.05) is 4.57 Å². The zero-order valence-electron chi connectivity index (χ0n) is 22.4. The van der Waals surface area contributed by atoms with E-state index in [9.17, 15) is 0 Å². The first-order valence-electron chi connectivity index (χ1n) is 14.0. The summed E-state index contributed by atoms with van der Waals surface area (Å²) in [6, 6.07) is 52.6. The minimum atomic E-state index is -1.69. The van der Waals surface area contributed by atoms with Crippen molar-refractivity contribution in [2.75, 3.05) is 0 Å². The molecule has 0 bridgehead atoms. The van der Waals surface area contributed by atoms with Crippen molar-refractivity contribution in [1.82, 2.24) is 9.13 Å².